The van der Waals surface area contributed by atoms with Crippen LogP contribution in [0.2, 0.25) is 18.1 Å². The highest BCUT2D eigenvalue weighted by molar-refractivity contribution is 6.74. The lowest BCUT2D eigenvalue weighted by Crippen LogP contribution is -2.41. The topological polar surface area (TPSA) is 105 Å². The predicted octanol–water partition coefficient (Wildman–Crippen LogP) is 3.67. The molecular weight excluding hydrogens is 400 g/mol. The van der Waals surface area contributed by atoms with E-state index in [2.05, 4.69) is 39.2 Å². The maximum Gasteiger partial charge on any atom is 0.323 e. The second kappa shape index (κ2) is 11.0. The van der Waals surface area contributed by atoms with E-state index < -0.39 is 37.9 Å². The molecule has 30 heavy (non-hydrogen) atoms. The average Bonchev–Trinajstić information content (AvgIpc) is 2.67. The first-order valence-electron chi connectivity index (χ1n) is 9.93. The smallest absolute Gasteiger partial charge is 0.323 e. The number of amides is 2. The number of esters is 1. The molecule has 2 atom stereocenters. The zero-order valence-electron chi connectivity index (χ0n) is 18.7. The normalized spacial score (nSPS) is 13.6. The molecule has 1 aromatic carbocycles. The monoisotopic (exact) mass is 432 g/mol. The molecule has 1 N–H and O–H groups in total. The molecule has 0 spiro atoms. The Bertz CT molecular complexity index is 781. The summed E-state index contributed by atoms with van der Waals surface area (Å²) in [5.41, 5.74) is 0.355. The summed E-state index contributed by atoms with van der Waals surface area (Å²) in [5, 5.41) is 11.8. The molecule has 2 amide bonds. The van der Waals surface area contributed by atoms with E-state index >= 15 is 0 Å². The Balaban J connectivity index is 2.85. The third-order valence-electron chi connectivity index (χ3n) is 5.56. The van der Waals surface area contributed by atoms with E-state index in [9.17, 15) is 19.6 Å². The number of benzene rings is 1. The highest BCUT2D eigenvalue weighted by Gasteiger charge is 2.38. The average molecular weight is 433 g/mol. The van der Waals surface area contributed by atoms with Crippen molar-refractivity contribution in [3.63, 3.8) is 0 Å². The minimum Gasteiger partial charge on any atom is -0.468 e. The van der Waals surface area contributed by atoms with Gasteiger partial charge in [-0.05, 0) is 42.6 Å². The molecule has 0 radical (unpaired) electrons. The van der Waals surface area contributed by atoms with Crippen molar-refractivity contribution >= 4 is 26.1 Å². The summed E-state index contributed by atoms with van der Waals surface area (Å²) in [6, 6.07) is 10.3. The number of nitrogens with zero attached hydrogens (tertiary/aromatic N) is 1. The number of carbonyl (C=O) groups excluding carboxylic acids is 3. The second-order valence-corrected chi connectivity index (χ2v) is 13.5. The van der Waals surface area contributed by atoms with E-state index in [1.165, 1.54) is 7.11 Å². The van der Waals surface area contributed by atoms with Gasteiger partial charge >= 0.3 is 5.97 Å². The third kappa shape index (κ3) is 7.39. The molecule has 0 aliphatic heterocycles. The summed E-state index contributed by atoms with van der Waals surface area (Å²) in [7, 11) is -0.813. The number of imide groups is 1. The number of carbonyl (C=O) groups is 3. The van der Waals surface area contributed by atoms with Crippen LogP contribution in [-0.4, -0.2) is 39.8 Å². The van der Waals surface area contributed by atoms with Gasteiger partial charge in [-0.25, -0.2) is 0 Å². The first kappa shape index (κ1) is 25.5. The molecule has 7 nitrogen and oxygen atoms in total. The standard InChI is InChI=1S/C22H32N2O5Si/c1-22(2,3)30(5,6)29-13-12-17(18(15-23)21(27)28-4)14-19(25)24-20(26)16-10-8-7-9-11-16/h7-11,17-18H,12-14H2,1-6H3,(H,24,25,26)/t17-,18?/m1/s1. The summed E-state index contributed by atoms with van der Waals surface area (Å²) in [6.07, 6.45) is 0.166. The Morgan fingerprint density at radius 1 is 1.17 bits per heavy atom. The minimum atomic E-state index is -2.02. The van der Waals surface area contributed by atoms with Crippen LogP contribution in [0.5, 0.6) is 0 Å². The Morgan fingerprint density at radius 2 is 1.77 bits per heavy atom. The fraction of sp³-hybridized carbons (Fsp3) is 0.545. The number of nitriles is 1. The van der Waals surface area contributed by atoms with Gasteiger partial charge in [0.15, 0.2) is 8.32 Å². The predicted molar refractivity (Wildman–Crippen MR) is 116 cm³/mol. The minimum absolute atomic E-state index is 0.0129. The van der Waals surface area contributed by atoms with Gasteiger partial charge in [0.25, 0.3) is 5.91 Å². The zero-order chi connectivity index (χ0) is 22.9. The largest absolute Gasteiger partial charge is 0.468 e. The van der Waals surface area contributed by atoms with Crippen molar-refractivity contribution in [1.29, 1.82) is 5.26 Å². The quantitative estimate of drug-likeness (QED) is 0.471. The van der Waals surface area contributed by atoms with Crippen LogP contribution < -0.4 is 5.32 Å². The van der Waals surface area contributed by atoms with Gasteiger partial charge in [0.05, 0.1) is 13.2 Å². The van der Waals surface area contributed by atoms with Gasteiger partial charge in [0.2, 0.25) is 5.91 Å². The molecular formula is C22H32N2O5Si. The molecule has 8 heteroatoms. The van der Waals surface area contributed by atoms with E-state index in [0.717, 1.165) is 0 Å². The lowest BCUT2D eigenvalue weighted by Gasteiger charge is -2.36. The molecule has 1 unspecified atom stereocenters. The van der Waals surface area contributed by atoms with Gasteiger partial charge in [-0.1, -0.05) is 39.0 Å². The van der Waals surface area contributed by atoms with Crippen molar-refractivity contribution in [3.8, 4) is 6.07 Å². The summed E-state index contributed by atoms with van der Waals surface area (Å²) >= 11 is 0. The summed E-state index contributed by atoms with van der Waals surface area (Å²) in [4.78, 5) is 36.7. The van der Waals surface area contributed by atoms with Crippen molar-refractivity contribution in [2.24, 2.45) is 11.8 Å². The van der Waals surface area contributed by atoms with Crippen molar-refractivity contribution in [1.82, 2.24) is 5.32 Å². The molecule has 0 fully saturated rings. The summed E-state index contributed by atoms with van der Waals surface area (Å²) in [6.45, 7) is 10.9. The summed E-state index contributed by atoms with van der Waals surface area (Å²) in [5.74, 6) is -3.52. The Morgan fingerprint density at radius 3 is 2.27 bits per heavy atom. The Labute approximate surface area is 179 Å². The van der Waals surface area contributed by atoms with Crippen molar-refractivity contribution < 1.29 is 23.5 Å². The highest BCUT2D eigenvalue weighted by atomic mass is 28.4. The van der Waals surface area contributed by atoms with Crippen LogP contribution in [-0.2, 0) is 18.8 Å². The number of methoxy groups -OCH3 is 1. The molecule has 1 aromatic rings. The van der Waals surface area contributed by atoms with Crippen molar-refractivity contribution in [2.45, 2.75) is 51.7 Å². The molecule has 0 saturated carbocycles. The van der Waals surface area contributed by atoms with E-state index in [4.69, 9.17) is 9.16 Å². The van der Waals surface area contributed by atoms with Crippen LogP contribution >= 0.6 is 0 Å². The van der Waals surface area contributed by atoms with Gasteiger partial charge in [-0.2, -0.15) is 5.26 Å². The van der Waals surface area contributed by atoms with Gasteiger partial charge < -0.3 is 9.16 Å². The van der Waals surface area contributed by atoms with E-state index in [0.29, 0.717) is 18.6 Å². The second-order valence-electron chi connectivity index (χ2n) is 8.73. The van der Waals surface area contributed by atoms with Gasteiger partial charge in [-0.3, -0.25) is 19.7 Å². The first-order chi connectivity index (χ1) is 13.9. The molecule has 1 rings (SSSR count). The lowest BCUT2D eigenvalue weighted by atomic mass is 9.87. The lowest BCUT2D eigenvalue weighted by molar-refractivity contribution is -0.145. The maximum atomic E-state index is 12.5. The highest BCUT2D eigenvalue weighted by Crippen LogP contribution is 2.37. The van der Waals surface area contributed by atoms with E-state index in [1.54, 1.807) is 30.3 Å². The van der Waals surface area contributed by atoms with Crippen LogP contribution in [0.25, 0.3) is 0 Å². The molecule has 164 valence electrons. The molecule has 0 aromatic heterocycles. The van der Waals surface area contributed by atoms with E-state index in [1.807, 2.05) is 6.07 Å². The van der Waals surface area contributed by atoms with Crippen LogP contribution in [0.4, 0.5) is 0 Å². The number of hydrogen-bond acceptors (Lipinski definition) is 6. The number of hydrogen-bond donors (Lipinski definition) is 1. The van der Waals surface area contributed by atoms with Crippen molar-refractivity contribution in [2.75, 3.05) is 13.7 Å². The van der Waals surface area contributed by atoms with Crippen LogP contribution in [0.15, 0.2) is 30.3 Å². The van der Waals surface area contributed by atoms with Crippen LogP contribution in [0, 0.1) is 23.2 Å². The molecule has 0 bridgehead atoms. The maximum absolute atomic E-state index is 12.5. The fourth-order valence-corrected chi connectivity index (χ4v) is 3.68. The molecule has 0 aliphatic carbocycles. The Kier molecular flexibility index (Phi) is 9.40. The molecule has 0 heterocycles. The SMILES string of the molecule is COC(=O)C(C#N)[C@H](CCO[Si](C)(C)C(C)(C)C)CC(=O)NC(=O)c1ccccc1. The number of nitrogens with one attached hydrogen (secondary N) is 1. The number of rotatable bonds is 9. The third-order valence-corrected chi connectivity index (χ3v) is 10.1. The number of ether oxygens (including phenoxy) is 1. The Hall–Kier alpha value is -2.50. The first-order valence-corrected chi connectivity index (χ1v) is 12.8. The van der Waals surface area contributed by atoms with Gasteiger partial charge in [0.1, 0.15) is 5.92 Å². The molecule has 0 saturated heterocycles. The van der Waals surface area contributed by atoms with Crippen LogP contribution in [0.1, 0.15) is 44.0 Å². The fourth-order valence-electron chi connectivity index (χ4n) is 2.62. The van der Waals surface area contributed by atoms with Gasteiger partial charge in [0, 0.05) is 18.6 Å². The van der Waals surface area contributed by atoms with Gasteiger partial charge in [-0.15, -0.1) is 0 Å². The van der Waals surface area contributed by atoms with E-state index in [-0.39, 0.29) is 11.5 Å². The molecule has 0 aliphatic rings. The zero-order valence-corrected chi connectivity index (χ0v) is 19.7. The van der Waals surface area contributed by atoms with Crippen LogP contribution in [0.3, 0.4) is 0 Å². The van der Waals surface area contributed by atoms with Crippen molar-refractivity contribution in [3.05, 3.63) is 35.9 Å². The summed E-state index contributed by atoms with van der Waals surface area (Å²) < 4.78 is 10.9.